The van der Waals surface area contributed by atoms with E-state index in [1.54, 1.807) is 12.1 Å². The number of carboxylic acids is 1. The number of rotatable bonds is 7. The lowest BCUT2D eigenvalue weighted by Gasteiger charge is -2.19. The molecule has 1 fully saturated rings. The summed E-state index contributed by atoms with van der Waals surface area (Å²) in [6.07, 6.45) is 2.48. The summed E-state index contributed by atoms with van der Waals surface area (Å²) in [7, 11) is 0. The second kappa shape index (κ2) is 6.48. The Morgan fingerprint density at radius 2 is 1.95 bits per heavy atom. The zero-order valence-electron chi connectivity index (χ0n) is 12.1. The fourth-order valence-corrected chi connectivity index (χ4v) is 2.68. The Balaban J connectivity index is 1.96. The predicted octanol–water partition coefficient (Wildman–Crippen LogP) is 2.99. The molecule has 0 radical (unpaired) electrons. The highest BCUT2D eigenvalue weighted by atomic mass is 35.5. The van der Waals surface area contributed by atoms with E-state index in [4.69, 9.17) is 16.7 Å². The minimum Gasteiger partial charge on any atom is -0.481 e. The van der Waals surface area contributed by atoms with E-state index in [2.05, 4.69) is 5.32 Å². The van der Waals surface area contributed by atoms with Crippen LogP contribution in [0.4, 0.5) is 0 Å². The third kappa shape index (κ3) is 3.76. The van der Waals surface area contributed by atoms with Crippen molar-refractivity contribution < 1.29 is 14.7 Å². The highest BCUT2D eigenvalue weighted by molar-refractivity contribution is 6.30. The molecule has 2 rings (SSSR count). The van der Waals surface area contributed by atoms with E-state index in [1.807, 2.05) is 19.1 Å². The van der Waals surface area contributed by atoms with Gasteiger partial charge in [-0.1, -0.05) is 37.1 Å². The summed E-state index contributed by atoms with van der Waals surface area (Å²) in [5.74, 6) is -0.851. The Morgan fingerprint density at radius 1 is 1.33 bits per heavy atom. The molecule has 4 nitrogen and oxygen atoms in total. The van der Waals surface area contributed by atoms with Crippen molar-refractivity contribution >= 4 is 23.5 Å². The molecular weight excluding hydrogens is 290 g/mol. The molecule has 1 amide bonds. The van der Waals surface area contributed by atoms with Crippen LogP contribution in [0.1, 0.15) is 38.2 Å². The molecule has 5 heteroatoms. The summed E-state index contributed by atoms with van der Waals surface area (Å²) >= 11 is 5.88. The van der Waals surface area contributed by atoms with Crippen LogP contribution in [-0.2, 0) is 15.0 Å². The van der Waals surface area contributed by atoms with Gasteiger partial charge in [0.25, 0.3) is 0 Å². The van der Waals surface area contributed by atoms with Gasteiger partial charge >= 0.3 is 5.97 Å². The maximum absolute atomic E-state index is 12.4. The van der Waals surface area contributed by atoms with Gasteiger partial charge in [0, 0.05) is 18.0 Å². The van der Waals surface area contributed by atoms with Crippen molar-refractivity contribution in [2.75, 3.05) is 6.54 Å². The predicted molar refractivity (Wildman–Crippen MR) is 81.4 cm³/mol. The van der Waals surface area contributed by atoms with Crippen molar-refractivity contribution in [3.8, 4) is 0 Å². The minimum atomic E-state index is -0.824. The molecule has 1 atom stereocenters. The van der Waals surface area contributed by atoms with Gasteiger partial charge in [-0.2, -0.15) is 0 Å². The van der Waals surface area contributed by atoms with Crippen molar-refractivity contribution in [1.82, 2.24) is 5.32 Å². The van der Waals surface area contributed by atoms with E-state index in [-0.39, 0.29) is 18.2 Å². The van der Waals surface area contributed by atoms with E-state index < -0.39 is 11.4 Å². The Kier molecular flexibility index (Phi) is 4.88. The van der Waals surface area contributed by atoms with Crippen LogP contribution in [0, 0.1) is 5.92 Å². The number of benzene rings is 1. The topological polar surface area (TPSA) is 66.4 Å². The number of amides is 1. The van der Waals surface area contributed by atoms with Crippen molar-refractivity contribution in [3.05, 3.63) is 34.9 Å². The summed E-state index contributed by atoms with van der Waals surface area (Å²) < 4.78 is 0. The van der Waals surface area contributed by atoms with Crippen molar-refractivity contribution in [3.63, 3.8) is 0 Å². The molecule has 0 bridgehead atoms. The highest BCUT2D eigenvalue weighted by Gasteiger charge is 2.51. The van der Waals surface area contributed by atoms with Crippen molar-refractivity contribution in [1.29, 1.82) is 0 Å². The highest BCUT2D eigenvalue weighted by Crippen LogP contribution is 2.48. The normalized spacial score (nSPS) is 17.0. The van der Waals surface area contributed by atoms with Crippen LogP contribution in [0.2, 0.25) is 5.02 Å². The van der Waals surface area contributed by atoms with Gasteiger partial charge in [0.2, 0.25) is 5.91 Å². The molecule has 0 aliphatic heterocycles. The molecule has 1 aliphatic carbocycles. The van der Waals surface area contributed by atoms with E-state index in [1.165, 1.54) is 0 Å². The van der Waals surface area contributed by atoms with Gasteiger partial charge in [-0.15, -0.1) is 0 Å². The van der Waals surface area contributed by atoms with Gasteiger partial charge in [0.1, 0.15) is 0 Å². The smallest absolute Gasteiger partial charge is 0.303 e. The third-order valence-corrected chi connectivity index (χ3v) is 4.43. The second-order valence-electron chi connectivity index (χ2n) is 5.67. The number of aliphatic carboxylic acids is 1. The van der Waals surface area contributed by atoms with Crippen molar-refractivity contribution in [2.45, 2.75) is 38.0 Å². The second-order valence-corrected chi connectivity index (χ2v) is 6.11. The van der Waals surface area contributed by atoms with E-state index in [9.17, 15) is 9.59 Å². The number of carbonyl (C=O) groups excluding carboxylic acids is 1. The lowest BCUT2D eigenvalue weighted by atomic mass is 9.94. The summed E-state index contributed by atoms with van der Waals surface area (Å²) in [5, 5.41) is 12.4. The summed E-state index contributed by atoms with van der Waals surface area (Å²) in [4.78, 5) is 23.2. The van der Waals surface area contributed by atoms with Crippen LogP contribution in [0.15, 0.2) is 24.3 Å². The third-order valence-electron chi connectivity index (χ3n) is 4.17. The molecule has 1 unspecified atom stereocenters. The van der Waals surface area contributed by atoms with Crippen LogP contribution in [0.25, 0.3) is 0 Å². The minimum absolute atomic E-state index is 0.00587. The van der Waals surface area contributed by atoms with Gasteiger partial charge in [-0.3, -0.25) is 9.59 Å². The maximum atomic E-state index is 12.4. The average Bonchev–Trinajstić information content (AvgIpc) is 3.25. The zero-order chi connectivity index (χ0) is 15.5. The number of carbonyl (C=O) groups is 2. The molecule has 1 aliphatic rings. The molecule has 0 spiro atoms. The SMILES string of the molecule is CCC(CNC(=O)C1(c2ccc(Cl)cc2)CC1)CC(=O)O. The molecule has 1 aromatic rings. The zero-order valence-corrected chi connectivity index (χ0v) is 12.8. The molecular formula is C16H20ClNO3. The maximum Gasteiger partial charge on any atom is 0.303 e. The van der Waals surface area contributed by atoms with Gasteiger partial charge < -0.3 is 10.4 Å². The first kappa shape index (κ1) is 15.8. The average molecular weight is 310 g/mol. The standard InChI is InChI=1S/C16H20ClNO3/c1-2-11(9-14(19)20)10-18-15(21)16(7-8-16)12-3-5-13(17)6-4-12/h3-6,11H,2,7-10H2,1H3,(H,18,21)(H,19,20). The Morgan fingerprint density at radius 3 is 2.43 bits per heavy atom. The molecule has 21 heavy (non-hydrogen) atoms. The Labute approximate surface area is 129 Å². The number of halogens is 1. The Bertz CT molecular complexity index is 523. The number of hydrogen-bond acceptors (Lipinski definition) is 2. The molecule has 0 aromatic heterocycles. The van der Waals surface area contributed by atoms with E-state index in [0.717, 1.165) is 24.8 Å². The largest absolute Gasteiger partial charge is 0.481 e. The lowest BCUT2D eigenvalue weighted by molar-refractivity contribution is -0.138. The summed E-state index contributed by atoms with van der Waals surface area (Å²) in [5.41, 5.74) is 0.544. The summed E-state index contributed by atoms with van der Waals surface area (Å²) in [6, 6.07) is 7.37. The monoisotopic (exact) mass is 309 g/mol. The fraction of sp³-hybridized carbons (Fsp3) is 0.500. The van der Waals surface area contributed by atoms with Crippen LogP contribution in [0.5, 0.6) is 0 Å². The van der Waals surface area contributed by atoms with Gasteiger partial charge in [0.15, 0.2) is 0 Å². The number of hydrogen-bond donors (Lipinski definition) is 2. The molecule has 0 heterocycles. The van der Waals surface area contributed by atoms with Gasteiger partial charge in [-0.05, 0) is 36.5 Å². The Hall–Kier alpha value is -1.55. The van der Waals surface area contributed by atoms with E-state index >= 15 is 0 Å². The first-order valence-corrected chi connectivity index (χ1v) is 7.62. The first-order chi connectivity index (χ1) is 9.98. The summed E-state index contributed by atoms with van der Waals surface area (Å²) in [6.45, 7) is 2.35. The first-order valence-electron chi connectivity index (χ1n) is 7.24. The van der Waals surface area contributed by atoms with Crippen molar-refractivity contribution in [2.24, 2.45) is 5.92 Å². The van der Waals surface area contributed by atoms with Crippen LogP contribution in [0.3, 0.4) is 0 Å². The number of nitrogens with one attached hydrogen (secondary N) is 1. The van der Waals surface area contributed by atoms with Crippen LogP contribution >= 0.6 is 11.6 Å². The van der Waals surface area contributed by atoms with Gasteiger partial charge in [-0.25, -0.2) is 0 Å². The fourth-order valence-electron chi connectivity index (χ4n) is 2.55. The molecule has 114 valence electrons. The van der Waals surface area contributed by atoms with Crippen LogP contribution < -0.4 is 5.32 Å². The lowest BCUT2D eigenvalue weighted by Crippen LogP contribution is -2.38. The molecule has 2 N–H and O–H groups in total. The molecule has 1 aromatic carbocycles. The van der Waals surface area contributed by atoms with E-state index in [0.29, 0.717) is 11.6 Å². The van der Waals surface area contributed by atoms with Crippen LogP contribution in [-0.4, -0.2) is 23.5 Å². The molecule has 0 saturated heterocycles. The number of carboxylic acid groups (broad SMARTS) is 1. The molecule has 1 saturated carbocycles. The van der Waals surface area contributed by atoms with Gasteiger partial charge in [0.05, 0.1) is 5.41 Å². The quantitative estimate of drug-likeness (QED) is 0.813.